The van der Waals surface area contributed by atoms with Crippen LogP contribution in [0, 0.1) is 0 Å². The van der Waals surface area contributed by atoms with Crippen molar-refractivity contribution in [2.45, 2.75) is 10.1 Å². The largest absolute Gasteiger partial charge is 0.484 e. The molecule has 0 heterocycles. The number of rotatable bonds is 9. The van der Waals surface area contributed by atoms with Crippen LogP contribution in [-0.2, 0) is 9.59 Å². The number of benzene rings is 4. The van der Waals surface area contributed by atoms with Crippen LogP contribution in [0.15, 0.2) is 120 Å². The summed E-state index contributed by atoms with van der Waals surface area (Å²) >= 11 is 1.43. The molecule has 0 radical (unpaired) electrons. The SMILES string of the molecule is O=C(COc1ccccc1)Nc1cccc(SC(C(=O)Nc2ccccc2)c2ccccc2)c1. The minimum absolute atomic E-state index is 0.0898. The molecule has 0 saturated carbocycles. The lowest BCUT2D eigenvalue weighted by molar-refractivity contribution is -0.118. The molecule has 1 unspecified atom stereocenters. The Hall–Kier alpha value is -4.03. The lowest BCUT2D eigenvalue weighted by Gasteiger charge is -2.18. The Morgan fingerprint density at radius 3 is 2.03 bits per heavy atom. The number of anilines is 2. The lowest BCUT2D eigenvalue weighted by atomic mass is 10.1. The monoisotopic (exact) mass is 468 g/mol. The van der Waals surface area contributed by atoms with Crippen molar-refractivity contribution >= 4 is 35.0 Å². The predicted octanol–water partition coefficient (Wildman–Crippen LogP) is 6.18. The Morgan fingerprint density at radius 2 is 1.32 bits per heavy atom. The summed E-state index contributed by atoms with van der Waals surface area (Å²) in [5, 5.41) is 5.39. The molecule has 2 N–H and O–H groups in total. The van der Waals surface area contributed by atoms with Crippen molar-refractivity contribution in [3.05, 3.63) is 121 Å². The molecule has 4 aromatic carbocycles. The first-order chi connectivity index (χ1) is 16.7. The van der Waals surface area contributed by atoms with Crippen molar-refractivity contribution in [2.24, 2.45) is 0 Å². The molecule has 0 aromatic heterocycles. The molecule has 0 aliphatic rings. The fourth-order valence-corrected chi connectivity index (χ4v) is 4.36. The van der Waals surface area contributed by atoms with E-state index >= 15 is 0 Å². The first kappa shape index (κ1) is 23.1. The van der Waals surface area contributed by atoms with Gasteiger partial charge in [-0.25, -0.2) is 0 Å². The third-order valence-electron chi connectivity index (χ3n) is 4.87. The van der Waals surface area contributed by atoms with E-state index in [9.17, 15) is 9.59 Å². The smallest absolute Gasteiger partial charge is 0.262 e. The highest BCUT2D eigenvalue weighted by Crippen LogP contribution is 2.37. The maximum absolute atomic E-state index is 13.2. The molecule has 170 valence electrons. The number of carbonyl (C=O) groups is 2. The van der Waals surface area contributed by atoms with E-state index in [2.05, 4.69) is 10.6 Å². The molecule has 4 rings (SSSR count). The van der Waals surface area contributed by atoms with E-state index in [4.69, 9.17) is 4.74 Å². The zero-order valence-corrected chi connectivity index (χ0v) is 19.2. The summed E-state index contributed by atoms with van der Waals surface area (Å²) in [6, 6.07) is 35.7. The van der Waals surface area contributed by atoms with Crippen molar-refractivity contribution in [1.29, 1.82) is 0 Å². The van der Waals surface area contributed by atoms with Gasteiger partial charge < -0.3 is 15.4 Å². The van der Waals surface area contributed by atoms with Gasteiger partial charge in [0.05, 0.1) is 0 Å². The third-order valence-corrected chi connectivity index (χ3v) is 6.11. The first-order valence-electron chi connectivity index (χ1n) is 10.8. The quantitative estimate of drug-likeness (QED) is 0.288. The van der Waals surface area contributed by atoms with Crippen LogP contribution in [0.25, 0.3) is 0 Å². The molecule has 5 nitrogen and oxygen atoms in total. The van der Waals surface area contributed by atoms with Gasteiger partial charge in [0.1, 0.15) is 11.0 Å². The summed E-state index contributed by atoms with van der Waals surface area (Å²) in [7, 11) is 0. The molecule has 0 saturated heterocycles. The normalized spacial score (nSPS) is 11.3. The van der Waals surface area contributed by atoms with E-state index < -0.39 is 5.25 Å². The van der Waals surface area contributed by atoms with E-state index in [0.717, 1.165) is 16.1 Å². The molecule has 0 bridgehead atoms. The summed E-state index contributed by atoms with van der Waals surface area (Å²) in [4.78, 5) is 26.4. The molecule has 0 aliphatic carbocycles. The highest BCUT2D eigenvalue weighted by Gasteiger charge is 2.22. The van der Waals surface area contributed by atoms with Gasteiger partial charge in [0.25, 0.3) is 5.91 Å². The van der Waals surface area contributed by atoms with Crippen molar-refractivity contribution in [1.82, 2.24) is 0 Å². The Labute approximate surface area is 203 Å². The number of carbonyl (C=O) groups excluding carboxylic acids is 2. The van der Waals surface area contributed by atoms with Crippen molar-refractivity contribution in [3.63, 3.8) is 0 Å². The van der Waals surface area contributed by atoms with E-state index in [1.165, 1.54) is 11.8 Å². The summed E-state index contributed by atoms with van der Waals surface area (Å²) in [6.07, 6.45) is 0. The Balaban J connectivity index is 1.44. The average molecular weight is 469 g/mol. The molecule has 2 amide bonds. The number of hydrogen-bond acceptors (Lipinski definition) is 4. The predicted molar refractivity (Wildman–Crippen MR) is 137 cm³/mol. The van der Waals surface area contributed by atoms with Gasteiger partial charge in [-0.3, -0.25) is 9.59 Å². The van der Waals surface area contributed by atoms with Crippen LogP contribution < -0.4 is 15.4 Å². The zero-order chi connectivity index (χ0) is 23.6. The highest BCUT2D eigenvalue weighted by atomic mass is 32.2. The first-order valence-corrected chi connectivity index (χ1v) is 11.7. The Morgan fingerprint density at radius 1 is 0.706 bits per heavy atom. The van der Waals surface area contributed by atoms with Crippen LogP contribution in [0.4, 0.5) is 11.4 Å². The highest BCUT2D eigenvalue weighted by molar-refractivity contribution is 8.00. The third kappa shape index (κ3) is 6.73. The van der Waals surface area contributed by atoms with Gasteiger partial charge in [0, 0.05) is 16.3 Å². The summed E-state index contributed by atoms with van der Waals surface area (Å²) in [5.74, 6) is 0.262. The molecule has 4 aromatic rings. The van der Waals surface area contributed by atoms with Gasteiger partial charge in [-0.15, -0.1) is 11.8 Å². The number of nitrogens with one attached hydrogen (secondary N) is 2. The van der Waals surface area contributed by atoms with Crippen LogP contribution in [0.2, 0.25) is 0 Å². The van der Waals surface area contributed by atoms with Gasteiger partial charge in [0.15, 0.2) is 6.61 Å². The van der Waals surface area contributed by atoms with Gasteiger partial charge in [-0.1, -0.05) is 72.8 Å². The standard InChI is InChI=1S/C28H24N2O3S/c31-26(20-33-24-16-8-3-9-17-24)29-23-15-10-18-25(19-23)34-27(21-11-4-1-5-12-21)28(32)30-22-13-6-2-7-14-22/h1-19,27H,20H2,(H,29,31)(H,30,32). The van der Waals surface area contributed by atoms with Crippen molar-refractivity contribution < 1.29 is 14.3 Å². The Kier molecular flexibility index (Phi) is 7.98. The molecular weight excluding hydrogens is 444 g/mol. The second kappa shape index (κ2) is 11.7. The van der Waals surface area contributed by atoms with Crippen LogP contribution >= 0.6 is 11.8 Å². The van der Waals surface area contributed by atoms with E-state index in [-0.39, 0.29) is 18.4 Å². The number of hydrogen-bond donors (Lipinski definition) is 2. The zero-order valence-electron chi connectivity index (χ0n) is 18.4. The topological polar surface area (TPSA) is 67.4 Å². The van der Waals surface area contributed by atoms with Crippen LogP contribution in [0.5, 0.6) is 5.75 Å². The molecule has 1 atom stereocenters. The van der Waals surface area contributed by atoms with Gasteiger partial charge in [-0.2, -0.15) is 0 Å². The maximum atomic E-state index is 13.2. The summed E-state index contributed by atoms with van der Waals surface area (Å²) in [6.45, 7) is -0.0898. The second-order valence-electron chi connectivity index (χ2n) is 7.44. The Bertz CT molecular complexity index is 1220. The second-order valence-corrected chi connectivity index (χ2v) is 8.62. The van der Waals surface area contributed by atoms with Crippen molar-refractivity contribution in [2.75, 3.05) is 17.2 Å². The molecule has 6 heteroatoms. The lowest BCUT2D eigenvalue weighted by Crippen LogP contribution is -2.20. The van der Waals surface area contributed by atoms with Gasteiger partial charge in [0.2, 0.25) is 5.91 Å². The van der Waals surface area contributed by atoms with Crippen LogP contribution in [0.3, 0.4) is 0 Å². The minimum Gasteiger partial charge on any atom is -0.484 e. The molecule has 0 fully saturated rings. The fourth-order valence-electron chi connectivity index (χ4n) is 3.28. The maximum Gasteiger partial charge on any atom is 0.262 e. The molecule has 0 spiro atoms. The average Bonchev–Trinajstić information content (AvgIpc) is 2.88. The van der Waals surface area contributed by atoms with Gasteiger partial charge >= 0.3 is 0 Å². The molecule has 34 heavy (non-hydrogen) atoms. The molecule has 0 aliphatic heterocycles. The molecular formula is C28H24N2O3S. The van der Waals surface area contributed by atoms with Crippen LogP contribution in [-0.4, -0.2) is 18.4 Å². The van der Waals surface area contributed by atoms with E-state index in [1.807, 2.05) is 103 Å². The van der Waals surface area contributed by atoms with Gasteiger partial charge in [-0.05, 0) is 48.0 Å². The van der Waals surface area contributed by atoms with Crippen LogP contribution in [0.1, 0.15) is 10.8 Å². The van der Waals surface area contributed by atoms with E-state index in [1.54, 1.807) is 12.1 Å². The number of thioether (sulfide) groups is 1. The van der Waals surface area contributed by atoms with Crippen molar-refractivity contribution in [3.8, 4) is 5.75 Å². The number of para-hydroxylation sites is 2. The minimum atomic E-state index is -0.464. The number of amides is 2. The van der Waals surface area contributed by atoms with E-state index in [0.29, 0.717) is 11.4 Å². The number of ether oxygens (including phenoxy) is 1. The summed E-state index contributed by atoms with van der Waals surface area (Å²) in [5.41, 5.74) is 2.28. The fraction of sp³-hybridized carbons (Fsp3) is 0.0714. The summed E-state index contributed by atoms with van der Waals surface area (Å²) < 4.78 is 5.51.